The van der Waals surface area contributed by atoms with E-state index >= 15 is 0 Å². The van der Waals surface area contributed by atoms with E-state index in [2.05, 4.69) is 4.90 Å². The Hall–Kier alpha value is -0.910. The van der Waals surface area contributed by atoms with Gasteiger partial charge in [0, 0.05) is 18.8 Å². The Morgan fingerprint density at radius 3 is 2.64 bits per heavy atom. The predicted octanol–water partition coefficient (Wildman–Crippen LogP) is 2.26. The Balaban J connectivity index is 1.90. The van der Waals surface area contributed by atoms with Gasteiger partial charge in [-0.25, -0.2) is 8.42 Å². The maximum atomic E-state index is 11.4. The lowest BCUT2D eigenvalue weighted by Crippen LogP contribution is -2.36. The third kappa shape index (κ3) is 5.38. The highest BCUT2D eigenvalue weighted by Crippen LogP contribution is 2.28. The summed E-state index contributed by atoms with van der Waals surface area (Å²) in [6.07, 6.45) is 3.77. The van der Waals surface area contributed by atoms with Crippen LogP contribution in [0.3, 0.4) is 0 Å². The summed E-state index contributed by atoms with van der Waals surface area (Å²) in [4.78, 5) is 2.35. The monoisotopic (exact) mass is 325 g/mol. The SMILES string of the molecule is CC(CN1CCCC1CC(O)c1ccccc1)CS(C)(=O)=O. The lowest BCUT2D eigenvalue weighted by atomic mass is 10.00. The van der Waals surface area contributed by atoms with Gasteiger partial charge in [-0.2, -0.15) is 0 Å². The molecule has 0 amide bonds. The molecule has 0 spiro atoms. The molecule has 3 unspecified atom stereocenters. The molecule has 124 valence electrons. The Labute approximate surface area is 134 Å². The Morgan fingerprint density at radius 1 is 1.32 bits per heavy atom. The molecule has 1 aliphatic rings. The van der Waals surface area contributed by atoms with Crippen molar-refractivity contribution >= 4 is 9.84 Å². The number of aliphatic hydroxyl groups is 1. The fourth-order valence-corrected chi connectivity index (χ4v) is 4.58. The number of aliphatic hydroxyl groups excluding tert-OH is 1. The van der Waals surface area contributed by atoms with Crippen LogP contribution in [0.4, 0.5) is 0 Å². The molecule has 1 aromatic rings. The zero-order valence-corrected chi connectivity index (χ0v) is 14.3. The molecule has 1 aliphatic heterocycles. The van der Waals surface area contributed by atoms with Crippen molar-refractivity contribution in [1.82, 2.24) is 4.90 Å². The third-order valence-corrected chi connectivity index (χ3v) is 5.49. The largest absolute Gasteiger partial charge is 0.388 e. The average Bonchev–Trinajstić information content (AvgIpc) is 2.84. The number of likely N-dealkylation sites (tertiary alicyclic amines) is 1. The first-order chi connectivity index (χ1) is 10.3. The van der Waals surface area contributed by atoms with Crippen LogP contribution >= 0.6 is 0 Å². The van der Waals surface area contributed by atoms with Crippen LogP contribution in [0.2, 0.25) is 0 Å². The van der Waals surface area contributed by atoms with Gasteiger partial charge in [0.15, 0.2) is 0 Å². The van der Waals surface area contributed by atoms with Crippen LogP contribution in [0, 0.1) is 5.92 Å². The predicted molar refractivity (Wildman–Crippen MR) is 89.5 cm³/mol. The van der Waals surface area contributed by atoms with Crippen molar-refractivity contribution in [2.24, 2.45) is 5.92 Å². The minimum absolute atomic E-state index is 0.129. The second-order valence-electron chi connectivity index (χ2n) is 6.65. The number of hydrogen-bond donors (Lipinski definition) is 1. The standard InChI is InChI=1S/C17H27NO3S/c1-14(13-22(2,20)21)12-18-10-6-9-16(18)11-17(19)15-7-4-3-5-8-15/h3-5,7-8,14,16-17,19H,6,9-13H2,1-2H3. The van der Waals surface area contributed by atoms with Crippen molar-refractivity contribution in [2.75, 3.05) is 25.1 Å². The van der Waals surface area contributed by atoms with Gasteiger partial charge in [0.25, 0.3) is 0 Å². The number of benzene rings is 1. The maximum absolute atomic E-state index is 11.4. The van der Waals surface area contributed by atoms with Crippen molar-refractivity contribution in [3.63, 3.8) is 0 Å². The molecule has 0 aliphatic carbocycles. The van der Waals surface area contributed by atoms with E-state index in [9.17, 15) is 13.5 Å². The molecule has 5 heteroatoms. The zero-order valence-electron chi connectivity index (χ0n) is 13.5. The number of hydrogen-bond acceptors (Lipinski definition) is 4. The third-order valence-electron chi connectivity index (χ3n) is 4.31. The first-order valence-corrected chi connectivity index (χ1v) is 10.1. The lowest BCUT2D eigenvalue weighted by molar-refractivity contribution is 0.115. The summed E-state index contributed by atoms with van der Waals surface area (Å²) < 4.78 is 22.8. The summed E-state index contributed by atoms with van der Waals surface area (Å²) in [5.74, 6) is 0.363. The first-order valence-electron chi connectivity index (χ1n) is 8.00. The molecule has 0 bridgehead atoms. The molecule has 2 rings (SSSR count). The van der Waals surface area contributed by atoms with E-state index in [4.69, 9.17) is 0 Å². The molecule has 1 N–H and O–H groups in total. The highest BCUT2D eigenvalue weighted by atomic mass is 32.2. The van der Waals surface area contributed by atoms with Crippen molar-refractivity contribution in [1.29, 1.82) is 0 Å². The van der Waals surface area contributed by atoms with E-state index in [1.165, 1.54) is 6.26 Å². The van der Waals surface area contributed by atoms with Gasteiger partial charge in [-0.3, -0.25) is 4.90 Å². The lowest BCUT2D eigenvalue weighted by Gasteiger charge is -2.28. The van der Waals surface area contributed by atoms with Crippen LogP contribution in [0.1, 0.15) is 37.9 Å². The summed E-state index contributed by atoms with van der Waals surface area (Å²) in [5.41, 5.74) is 0.957. The Morgan fingerprint density at radius 2 is 2.00 bits per heavy atom. The summed E-state index contributed by atoms with van der Waals surface area (Å²) >= 11 is 0. The highest BCUT2D eigenvalue weighted by Gasteiger charge is 2.28. The molecule has 1 saturated heterocycles. The maximum Gasteiger partial charge on any atom is 0.147 e. The molecule has 1 aromatic carbocycles. The van der Waals surface area contributed by atoms with E-state index < -0.39 is 15.9 Å². The molecule has 0 radical (unpaired) electrons. The molecule has 0 saturated carbocycles. The van der Waals surface area contributed by atoms with Crippen LogP contribution < -0.4 is 0 Å². The van der Waals surface area contributed by atoms with Crippen LogP contribution in [0.5, 0.6) is 0 Å². The van der Waals surface area contributed by atoms with Gasteiger partial charge in [0.2, 0.25) is 0 Å². The van der Waals surface area contributed by atoms with Gasteiger partial charge >= 0.3 is 0 Å². The van der Waals surface area contributed by atoms with Gasteiger partial charge in [-0.05, 0) is 37.3 Å². The van der Waals surface area contributed by atoms with E-state index in [-0.39, 0.29) is 11.7 Å². The van der Waals surface area contributed by atoms with Gasteiger partial charge in [-0.1, -0.05) is 37.3 Å². The second kappa shape index (κ2) is 7.57. The number of nitrogens with zero attached hydrogens (tertiary/aromatic N) is 1. The van der Waals surface area contributed by atoms with Gasteiger partial charge in [0.05, 0.1) is 11.9 Å². The molecule has 0 aromatic heterocycles. The number of sulfone groups is 1. The second-order valence-corrected chi connectivity index (χ2v) is 8.84. The van der Waals surface area contributed by atoms with E-state index in [0.717, 1.165) is 37.9 Å². The van der Waals surface area contributed by atoms with E-state index in [0.29, 0.717) is 6.04 Å². The van der Waals surface area contributed by atoms with Gasteiger partial charge in [0.1, 0.15) is 9.84 Å². The van der Waals surface area contributed by atoms with Crippen LogP contribution in [0.15, 0.2) is 30.3 Å². The van der Waals surface area contributed by atoms with Gasteiger partial charge in [-0.15, -0.1) is 0 Å². The normalized spacial score (nSPS) is 22.6. The summed E-state index contributed by atoms with van der Waals surface area (Å²) in [5, 5.41) is 10.4. The Bertz CT molecular complexity index is 559. The zero-order chi connectivity index (χ0) is 16.2. The quantitative estimate of drug-likeness (QED) is 0.835. The van der Waals surface area contributed by atoms with Crippen molar-refractivity contribution < 1.29 is 13.5 Å². The smallest absolute Gasteiger partial charge is 0.147 e. The average molecular weight is 325 g/mol. The van der Waals surface area contributed by atoms with Crippen LogP contribution in [-0.4, -0.2) is 49.6 Å². The fourth-order valence-electron chi connectivity index (χ4n) is 3.44. The summed E-state index contributed by atoms with van der Waals surface area (Å²) in [7, 11) is -2.92. The number of rotatable bonds is 7. The van der Waals surface area contributed by atoms with Crippen molar-refractivity contribution in [3.8, 4) is 0 Å². The Kier molecular flexibility index (Phi) is 6.01. The summed E-state index contributed by atoms with van der Waals surface area (Å²) in [6, 6.07) is 10.1. The van der Waals surface area contributed by atoms with Crippen molar-refractivity contribution in [3.05, 3.63) is 35.9 Å². The van der Waals surface area contributed by atoms with Crippen molar-refractivity contribution in [2.45, 2.75) is 38.3 Å². The fraction of sp³-hybridized carbons (Fsp3) is 0.647. The molecular formula is C17H27NO3S. The molecule has 1 fully saturated rings. The van der Waals surface area contributed by atoms with E-state index in [1.807, 2.05) is 37.3 Å². The molecule has 22 heavy (non-hydrogen) atoms. The van der Waals surface area contributed by atoms with Crippen LogP contribution in [0.25, 0.3) is 0 Å². The minimum atomic E-state index is -2.92. The van der Waals surface area contributed by atoms with E-state index in [1.54, 1.807) is 0 Å². The first kappa shape index (κ1) is 17.4. The molecule has 4 nitrogen and oxygen atoms in total. The van der Waals surface area contributed by atoms with Gasteiger partial charge < -0.3 is 5.11 Å². The molecular weight excluding hydrogens is 298 g/mol. The van der Waals surface area contributed by atoms with Crippen LogP contribution in [-0.2, 0) is 9.84 Å². The topological polar surface area (TPSA) is 57.6 Å². The highest BCUT2D eigenvalue weighted by molar-refractivity contribution is 7.90. The molecule has 1 heterocycles. The summed E-state index contributed by atoms with van der Waals surface area (Å²) in [6.45, 7) is 3.78. The molecule has 3 atom stereocenters. The minimum Gasteiger partial charge on any atom is -0.388 e.